The van der Waals surface area contributed by atoms with Crippen molar-refractivity contribution in [3.8, 4) is 0 Å². The molecule has 1 heterocycles. The van der Waals surface area contributed by atoms with Crippen LogP contribution in [0.5, 0.6) is 0 Å². The number of rotatable bonds is 6. The van der Waals surface area contributed by atoms with Gasteiger partial charge in [-0.2, -0.15) is 5.10 Å². The molecule has 0 aliphatic heterocycles. The Balaban J connectivity index is 2.20. The molecule has 2 aromatic rings. The van der Waals surface area contributed by atoms with Crippen molar-refractivity contribution in [2.45, 2.75) is 26.7 Å². The van der Waals surface area contributed by atoms with Crippen molar-refractivity contribution >= 4 is 10.9 Å². The van der Waals surface area contributed by atoms with Crippen molar-refractivity contribution < 1.29 is 0 Å². The van der Waals surface area contributed by atoms with E-state index in [9.17, 15) is 0 Å². The lowest BCUT2D eigenvalue weighted by Crippen LogP contribution is -2.23. The van der Waals surface area contributed by atoms with Gasteiger partial charge in [0.25, 0.3) is 0 Å². The Morgan fingerprint density at radius 2 is 2.06 bits per heavy atom. The van der Waals surface area contributed by atoms with Gasteiger partial charge >= 0.3 is 0 Å². The van der Waals surface area contributed by atoms with E-state index >= 15 is 0 Å². The van der Waals surface area contributed by atoms with Gasteiger partial charge in [-0.1, -0.05) is 38.5 Å². The highest BCUT2D eigenvalue weighted by atomic mass is 15.3. The molecule has 0 bridgehead atoms. The number of para-hydroxylation sites is 1. The van der Waals surface area contributed by atoms with Crippen molar-refractivity contribution in [1.82, 2.24) is 15.1 Å². The summed E-state index contributed by atoms with van der Waals surface area (Å²) in [6.07, 6.45) is 2.25. The van der Waals surface area contributed by atoms with Gasteiger partial charge in [-0.15, -0.1) is 0 Å². The molecule has 1 unspecified atom stereocenters. The first kappa shape index (κ1) is 13.1. The second-order valence-corrected chi connectivity index (χ2v) is 4.87. The first-order valence-electron chi connectivity index (χ1n) is 6.87. The molecule has 2 rings (SSSR count). The molecule has 1 aromatic carbocycles. The average molecular weight is 245 g/mol. The average Bonchev–Trinajstić information content (AvgIpc) is 2.72. The normalized spacial score (nSPS) is 13.1. The Hall–Kier alpha value is -1.35. The molecule has 0 spiro atoms. The van der Waals surface area contributed by atoms with Crippen LogP contribution in [0.2, 0.25) is 0 Å². The number of hydrogen-bond acceptors (Lipinski definition) is 2. The standard InChI is InChI=1S/C15H23N3/c1-4-12(11-16-5-2)10-14-13-8-6-7-9-15(13)18(3)17-14/h6-9,12,16H,4-5,10-11H2,1-3H3. The summed E-state index contributed by atoms with van der Waals surface area (Å²) in [6.45, 7) is 6.54. The minimum atomic E-state index is 0.670. The first-order valence-corrected chi connectivity index (χ1v) is 6.87. The van der Waals surface area contributed by atoms with Gasteiger partial charge in [0, 0.05) is 12.4 Å². The van der Waals surface area contributed by atoms with E-state index < -0.39 is 0 Å². The second kappa shape index (κ2) is 6.01. The number of aryl methyl sites for hydroxylation is 1. The Labute approximate surface area is 109 Å². The highest BCUT2D eigenvalue weighted by molar-refractivity contribution is 5.81. The van der Waals surface area contributed by atoms with E-state index in [1.54, 1.807) is 0 Å². The quantitative estimate of drug-likeness (QED) is 0.848. The smallest absolute Gasteiger partial charge is 0.0706 e. The predicted molar refractivity (Wildman–Crippen MR) is 76.7 cm³/mol. The summed E-state index contributed by atoms with van der Waals surface area (Å²) < 4.78 is 1.99. The van der Waals surface area contributed by atoms with Gasteiger partial charge in [0.1, 0.15) is 0 Å². The van der Waals surface area contributed by atoms with E-state index in [4.69, 9.17) is 0 Å². The van der Waals surface area contributed by atoms with Gasteiger partial charge < -0.3 is 5.32 Å². The largest absolute Gasteiger partial charge is 0.317 e. The lowest BCUT2D eigenvalue weighted by atomic mass is 9.98. The highest BCUT2D eigenvalue weighted by Crippen LogP contribution is 2.21. The summed E-state index contributed by atoms with van der Waals surface area (Å²) >= 11 is 0. The van der Waals surface area contributed by atoms with Crippen LogP contribution in [-0.2, 0) is 13.5 Å². The number of fused-ring (bicyclic) bond motifs is 1. The molecule has 0 fully saturated rings. The molecule has 3 heteroatoms. The molecule has 3 nitrogen and oxygen atoms in total. The van der Waals surface area contributed by atoms with Crippen LogP contribution in [-0.4, -0.2) is 22.9 Å². The Morgan fingerprint density at radius 1 is 1.28 bits per heavy atom. The summed E-state index contributed by atoms with van der Waals surface area (Å²) in [4.78, 5) is 0. The summed E-state index contributed by atoms with van der Waals surface area (Å²) in [5.74, 6) is 0.670. The molecular weight excluding hydrogens is 222 g/mol. The number of nitrogens with zero attached hydrogens (tertiary/aromatic N) is 2. The Kier molecular flexibility index (Phi) is 4.37. The topological polar surface area (TPSA) is 29.9 Å². The SMILES string of the molecule is CCNCC(CC)Cc1nn(C)c2ccccc12. The summed E-state index contributed by atoms with van der Waals surface area (Å²) in [7, 11) is 2.02. The van der Waals surface area contributed by atoms with Crippen molar-refractivity contribution in [3.05, 3.63) is 30.0 Å². The van der Waals surface area contributed by atoms with Crippen molar-refractivity contribution in [1.29, 1.82) is 0 Å². The summed E-state index contributed by atoms with van der Waals surface area (Å²) in [5.41, 5.74) is 2.46. The fourth-order valence-corrected chi connectivity index (χ4v) is 2.42. The molecule has 0 saturated heterocycles. The first-order chi connectivity index (χ1) is 8.76. The van der Waals surface area contributed by atoms with E-state index in [1.807, 2.05) is 11.7 Å². The van der Waals surface area contributed by atoms with Gasteiger partial charge in [0.15, 0.2) is 0 Å². The van der Waals surface area contributed by atoms with Crippen LogP contribution in [0.15, 0.2) is 24.3 Å². The summed E-state index contributed by atoms with van der Waals surface area (Å²) in [6, 6.07) is 8.48. The molecule has 98 valence electrons. The zero-order valence-corrected chi connectivity index (χ0v) is 11.6. The van der Waals surface area contributed by atoms with Crippen molar-refractivity contribution in [2.24, 2.45) is 13.0 Å². The number of nitrogens with one attached hydrogen (secondary N) is 1. The van der Waals surface area contributed by atoms with Crippen LogP contribution in [0.1, 0.15) is 26.0 Å². The number of benzene rings is 1. The third kappa shape index (κ3) is 2.72. The Bertz CT molecular complexity index is 501. The third-order valence-electron chi connectivity index (χ3n) is 3.58. The zero-order chi connectivity index (χ0) is 13.0. The van der Waals surface area contributed by atoms with Crippen molar-refractivity contribution in [2.75, 3.05) is 13.1 Å². The summed E-state index contributed by atoms with van der Waals surface area (Å²) in [5, 5.41) is 9.42. The van der Waals surface area contributed by atoms with Gasteiger partial charge in [-0.25, -0.2) is 0 Å². The lowest BCUT2D eigenvalue weighted by Gasteiger charge is -2.13. The highest BCUT2D eigenvalue weighted by Gasteiger charge is 2.13. The molecule has 0 saturated carbocycles. The molecular formula is C15H23N3. The fraction of sp³-hybridized carbons (Fsp3) is 0.533. The van der Waals surface area contributed by atoms with Crippen LogP contribution >= 0.6 is 0 Å². The Morgan fingerprint density at radius 3 is 2.78 bits per heavy atom. The van der Waals surface area contributed by atoms with Crippen LogP contribution in [0.4, 0.5) is 0 Å². The zero-order valence-electron chi connectivity index (χ0n) is 11.6. The predicted octanol–water partition coefficient (Wildman–Crippen LogP) is 2.75. The minimum absolute atomic E-state index is 0.670. The molecule has 0 amide bonds. The van der Waals surface area contributed by atoms with Crippen molar-refractivity contribution in [3.63, 3.8) is 0 Å². The maximum Gasteiger partial charge on any atom is 0.0706 e. The van der Waals surface area contributed by atoms with Crippen LogP contribution < -0.4 is 5.32 Å². The monoisotopic (exact) mass is 245 g/mol. The van der Waals surface area contributed by atoms with E-state index in [2.05, 4.69) is 48.5 Å². The number of hydrogen-bond donors (Lipinski definition) is 1. The van der Waals surface area contributed by atoms with Crippen LogP contribution in [0.3, 0.4) is 0 Å². The minimum Gasteiger partial charge on any atom is -0.317 e. The van der Waals surface area contributed by atoms with Crippen LogP contribution in [0, 0.1) is 5.92 Å². The fourth-order valence-electron chi connectivity index (χ4n) is 2.42. The molecule has 1 aromatic heterocycles. The molecule has 0 radical (unpaired) electrons. The van der Waals surface area contributed by atoms with Gasteiger partial charge in [-0.05, 0) is 31.5 Å². The van der Waals surface area contributed by atoms with Gasteiger partial charge in [0.2, 0.25) is 0 Å². The van der Waals surface area contributed by atoms with E-state index in [-0.39, 0.29) is 0 Å². The van der Waals surface area contributed by atoms with E-state index in [0.717, 1.165) is 19.5 Å². The molecule has 0 aliphatic rings. The van der Waals surface area contributed by atoms with E-state index in [1.165, 1.54) is 23.0 Å². The maximum atomic E-state index is 4.67. The third-order valence-corrected chi connectivity index (χ3v) is 3.58. The number of aromatic nitrogens is 2. The van der Waals surface area contributed by atoms with Gasteiger partial charge in [-0.3, -0.25) is 4.68 Å². The lowest BCUT2D eigenvalue weighted by molar-refractivity contribution is 0.462. The molecule has 1 atom stereocenters. The van der Waals surface area contributed by atoms with Crippen LogP contribution in [0.25, 0.3) is 10.9 Å². The molecule has 18 heavy (non-hydrogen) atoms. The van der Waals surface area contributed by atoms with E-state index in [0.29, 0.717) is 5.92 Å². The maximum absolute atomic E-state index is 4.67. The second-order valence-electron chi connectivity index (χ2n) is 4.87. The van der Waals surface area contributed by atoms with Gasteiger partial charge in [0.05, 0.1) is 11.2 Å². The molecule has 0 aliphatic carbocycles. The molecule has 1 N–H and O–H groups in total.